The van der Waals surface area contributed by atoms with Gasteiger partial charge in [0.2, 0.25) is 0 Å². The molecule has 1 saturated heterocycles. The third-order valence-corrected chi connectivity index (χ3v) is 3.38. The third-order valence-electron chi connectivity index (χ3n) is 3.38. The number of rotatable bonds is 2. The number of carbonyl (C=O) groups is 1. The van der Waals surface area contributed by atoms with E-state index in [2.05, 4.69) is 4.98 Å². The SMILES string of the molecule is O=C(O)c1cc(N2CCOCC2)c2c(F)cc(F)cc2n1. The number of pyridine rings is 1. The number of hydrogen-bond donors (Lipinski definition) is 1. The first-order valence-electron chi connectivity index (χ1n) is 6.42. The summed E-state index contributed by atoms with van der Waals surface area (Å²) in [5.74, 6) is -2.78. The van der Waals surface area contributed by atoms with Crippen molar-refractivity contribution in [2.75, 3.05) is 31.2 Å². The van der Waals surface area contributed by atoms with Gasteiger partial charge in [0.25, 0.3) is 0 Å². The van der Waals surface area contributed by atoms with Crippen LogP contribution >= 0.6 is 0 Å². The maximum Gasteiger partial charge on any atom is 0.354 e. The van der Waals surface area contributed by atoms with Crippen LogP contribution in [0.5, 0.6) is 0 Å². The lowest BCUT2D eigenvalue weighted by atomic mass is 10.1. The standard InChI is InChI=1S/C14H12F2N2O3/c15-8-5-9(16)13-10(6-8)17-11(14(19)20)7-12(13)18-1-3-21-4-2-18/h5-7H,1-4H2,(H,19,20). The molecular formula is C14H12F2N2O3. The Kier molecular flexibility index (Phi) is 3.42. The number of carboxylic acids is 1. The molecule has 5 nitrogen and oxygen atoms in total. The number of carboxylic acid groups (broad SMARTS) is 1. The van der Waals surface area contributed by atoms with Crippen LogP contribution in [0.3, 0.4) is 0 Å². The second-order valence-electron chi connectivity index (χ2n) is 4.71. The van der Waals surface area contributed by atoms with E-state index in [0.717, 1.165) is 12.1 Å². The number of hydrogen-bond acceptors (Lipinski definition) is 4. The molecule has 0 amide bonds. The summed E-state index contributed by atoms with van der Waals surface area (Å²) < 4.78 is 32.7. The van der Waals surface area contributed by atoms with Crippen molar-refractivity contribution in [2.24, 2.45) is 0 Å². The first kappa shape index (κ1) is 13.7. The second kappa shape index (κ2) is 5.25. The fraction of sp³-hybridized carbons (Fsp3) is 0.286. The van der Waals surface area contributed by atoms with Crippen LogP contribution in [0.15, 0.2) is 18.2 Å². The molecule has 21 heavy (non-hydrogen) atoms. The summed E-state index contributed by atoms with van der Waals surface area (Å²) in [6.45, 7) is 1.95. The Labute approximate surface area is 118 Å². The van der Waals surface area contributed by atoms with Crippen LogP contribution in [-0.2, 0) is 4.74 Å². The van der Waals surface area contributed by atoms with Crippen molar-refractivity contribution in [3.8, 4) is 0 Å². The summed E-state index contributed by atoms with van der Waals surface area (Å²) in [7, 11) is 0. The van der Waals surface area contributed by atoms with Gasteiger partial charge in [0, 0.05) is 25.2 Å². The van der Waals surface area contributed by atoms with E-state index in [0.29, 0.717) is 32.0 Å². The quantitative estimate of drug-likeness (QED) is 0.918. The largest absolute Gasteiger partial charge is 0.477 e. The van der Waals surface area contributed by atoms with Gasteiger partial charge in [0.05, 0.1) is 29.8 Å². The lowest BCUT2D eigenvalue weighted by molar-refractivity contribution is 0.0691. The van der Waals surface area contributed by atoms with Gasteiger partial charge in [0.1, 0.15) is 11.6 Å². The molecule has 1 aliphatic rings. The zero-order valence-electron chi connectivity index (χ0n) is 11.0. The fourth-order valence-corrected chi connectivity index (χ4v) is 2.43. The minimum atomic E-state index is -1.24. The van der Waals surface area contributed by atoms with Crippen molar-refractivity contribution < 1.29 is 23.4 Å². The van der Waals surface area contributed by atoms with E-state index in [1.165, 1.54) is 6.07 Å². The Hall–Kier alpha value is -2.28. The molecule has 1 N–H and O–H groups in total. The van der Waals surface area contributed by atoms with E-state index in [9.17, 15) is 13.6 Å². The van der Waals surface area contributed by atoms with Crippen LogP contribution in [0.1, 0.15) is 10.5 Å². The Balaban J connectivity index is 2.26. The molecule has 7 heteroatoms. The van der Waals surface area contributed by atoms with Gasteiger partial charge in [0.15, 0.2) is 5.69 Å². The maximum atomic E-state index is 14.1. The second-order valence-corrected chi connectivity index (χ2v) is 4.71. The molecule has 0 spiro atoms. The predicted molar refractivity (Wildman–Crippen MR) is 71.7 cm³/mol. The number of ether oxygens (including phenoxy) is 1. The number of halogens is 2. The van der Waals surface area contributed by atoms with Crippen LogP contribution in [0.25, 0.3) is 10.9 Å². The van der Waals surface area contributed by atoms with Crippen LogP contribution in [0.4, 0.5) is 14.5 Å². The Morgan fingerprint density at radius 2 is 1.95 bits per heavy atom. The van der Waals surface area contributed by atoms with Gasteiger partial charge in [-0.2, -0.15) is 0 Å². The van der Waals surface area contributed by atoms with Crippen molar-refractivity contribution in [3.05, 3.63) is 35.5 Å². The number of aromatic carboxylic acids is 1. The molecule has 0 bridgehead atoms. The average Bonchev–Trinajstić information content (AvgIpc) is 2.46. The fourth-order valence-electron chi connectivity index (χ4n) is 2.43. The minimum absolute atomic E-state index is 0.00566. The molecule has 1 aliphatic heterocycles. The Bertz CT molecular complexity index is 715. The van der Waals surface area contributed by atoms with Gasteiger partial charge < -0.3 is 14.7 Å². The zero-order valence-corrected chi connectivity index (χ0v) is 11.0. The Morgan fingerprint density at radius 1 is 1.24 bits per heavy atom. The van der Waals surface area contributed by atoms with Crippen molar-refractivity contribution in [1.82, 2.24) is 4.98 Å². The van der Waals surface area contributed by atoms with Crippen molar-refractivity contribution in [3.63, 3.8) is 0 Å². The zero-order chi connectivity index (χ0) is 15.0. The maximum absolute atomic E-state index is 14.1. The molecule has 0 saturated carbocycles. The summed E-state index contributed by atoms with van der Waals surface area (Å²) >= 11 is 0. The highest BCUT2D eigenvalue weighted by Gasteiger charge is 2.20. The molecule has 2 aromatic rings. The van der Waals surface area contributed by atoms with E-state index in [-0.39, 0.29) is 16.6 Å². The first-order valence-corrected chi connectivity index (χ1v) is 6.42. The van der Waals surface area contributed by atoms with E-state index in [4.69, 9.17) is 9.84 Å². The molecule has 3 rings (SSSR count). The van der Waals surface area contributed by atoms with Crippen LogP contribution in [0.2, 0.25) is 0 Å². The first-order chi connectivity index (χ1) is 10.1. The van der Waals surface area contributed by atoms with Crippen LogP contribution < -0.4 is 4.90 Å². The molecule has 1 aromatic heterocycles. The number of anilines is 1. The van der Waals surface area contributed by atoms with Gasteiger partial charge in [-0.1, -0.05) is 0 Å². The summed E-state index contributed by atoms with van der Waals surface area (Å²) in [6, 6.07) is 3.13. The van der Waals surface area contributed by atoms with E-state index >= 15 is 0 Å². The molecular weight excluding hydrogens is 282 g/mol. The highest BCUT2D eigenvalue weighted by Crippen LogP contribution is 2.30. The van der Waals surface area contributed by atoms with Gasteiger partial charge in [-0.15, -0.1) is 0 Å². The molecule has 0 aliphatic carbocycles. The summed E-state index contributed by atoms with van der Waals surface area (Å²) in [5, 5.41) is 9.24. The highest BCUT2D eigenvalue weighted by molar-refractivity contribution is 5.97. The lowest BCUT2D eigenvalue weighted by Crippen LogP contribution is -2.36. The number of nitrogens with zero attached hydrogens (tertiary/aromatic N) is 2. The lowest BCUT2D eigenvalue weighted by Gasteiger charge is -2.30. The van der Waals surface area contributed by atoms with Gasteiger partial charge in [-0.25, -0.2) is 18.6 Å². The summed E-state index contributed by atoms with van der Waals surface area (Å²) in [4.78, 5) is 16.8. The Morgan fingerprint density at radius 3 is 2.62 bits per heavy atom. The predicted octanol–water partition coefficient (Wildman–Crippen LogP) is 2.05. The summed E-state index contributed by atoms with van der Waals surface area (Å²) in [6.07, 6.45) is 0. The molecule has 1 aromatic carbocycles. The van der Waals surface area contributed by atoms with Crippen molar-refractivity contribution in [1.29, 1.82) is 0 Å². The number of aromatic nitrogens is 1. The molecule has 1 fully saturated rings. The van der Waals surface area contributed by atoms with Crippen molar-refractivity contribution >= 4 is 22.6 Å². The number of benzene rings is 1. The normalized spacial score (nSPS) is 15.4. The highest BCUT2D eigenvalue weighted by atomic mass is 19.1. The molecule has 110 valence electrons. The van der Waals surface area contributed by atoms with Gasteiger partial charge in [-0.3, -0.25) is 0 Å². The summed E-state index contributed by atoms with van der Waals surface area (Å²) in [5.41, 5.74) is 0.154. The van der Waals surface area contributed by atoms with E-state index < -0.39 is 17.6 Å². The van der Waals surface area contributed by atoms with Gasteiger partial charge >= 0.3 is 5.97 Å². The average molecular weight is 294 g/mol. The smallest absolute Gasteiger partial charge is 0.354 e. The molecule has 0 atom stereocenters. The van der Waals surface area contributed by atoms with Gasteiger partial charge in [-0.05, 0) is 6.07 Å². The molecule has 0 unspecified atom stereocenters. The van der Waals surface area contributed by atoms with Crippen molar-refractivity contribution in [2.45, 2.75) is 0 Å². The van der Waals surface area contributed by atoms with E-state index in [1.54, 1.807) is 0 Å². The number of fused-ring (bicyclic) bond motifs is 1. The molecule has 2 heterocycles. The van der Waals surface area contributed by atoms with Crippen LogP contribution in [-0.4, -0.2) is 42.4 Å². The third kappa shape index (κ3) is 2.52. The van der Waals surface area contributed by atoms with E-state index in [1.807, 2.05) is 4.90 Å². The molecule has 0 radical (unpaired) electrons. The van der Waals surface area contributed by atoms with Crippen LogP contribution in [0, 0.1) is 11.6 Å². The topological polar surface area (TPSA) is 62.7 Å². The monoisotopic (exact) mass is 294 g/mol. The minimum Gasteiger partial charge on any atom is -0.477 e. The number of morpholine rings is 1.